The molecule has 44 heavy (non-hydrogen) atoms. The van der Waals surface area contributed by atoms with E-state index in [9.17, 15) is 0 Å². The van der Waals surface area contributed by atoms with Crippen molar-refractivity contribution in [3.05, 3.63) is 164 Å². The second-order valence-electron chi connectivity index (χ2n) is 11.3. The molecular formula is C41H27N3. The summed E-state index contributed by atoms with van der Waals surface area (Å²) >= 11 is 0. The third-order valence-corrected chi connectivity index (χ3v) is 8.80. The van der Waals surface area contributed by atoms with Gasteiger partial charge in [0.25, 0.3) is 0 Å². The van der Waals surface area contributed by atoms with Crippen molar-refractivity contribution in [1.29, 1.82) is 0 Å². The van der Waals surface area contributed by atoms with E-state index < -0.39 is 0 Å². The van der Waals surface area contributed by atoms with Gasteiger partial charge in [0.1, 0.15) is 0 Å². The molecule has 0 bridgehead atoms. The van der Waals surface area contributed by atoms with Gasteiger partial charge in [-0.25, -0.2) is 0 Å². The first-order valence-corrected chi connectivity index (χ1v) is 15.0. The normalized spacial score (nSPS) is 11.6. The lowest BCUT2D eigenvalue weighted by Gasteiger charge is -2.10. The summed E-state index contributed by atoms with van der Waals surface area (Å²) in [5, 5.41) is 4.96. The fourth-order valence-corrected chi connectivity index (χ4v) is 6.79. The Hall–Kier alpha value is -5.93. The van der Waals surface area contributed by atoms with Gasteiger partial charge in [0, 0.05) is 39.1 Å². The van der Waals surface area contributed by atoms with E-state index in [0.29, 0.717) is 0 Å². The van der Waals surface area contributed by atoms with Crippen LogP contribution in [0.5, 0.6) is 0 Å². The van der Waals surface area contributed by atoms with Gasteiger partial charge >= 0.3 is 0 Å². The molecule has 0 amide bonds. The maximum absolute atomic E-state index is 4.46. The zero-order valence-electron chi connectivity index (χ0n) is 23.9. The van der Waals surface area contributed by atoms with Crippen molar-refractivity contribution in [2.24, 2.45) is 0 Å². The van der Waals surface area contributed by atoms with Crippen LogP contribution >= 0.6 is 0 Å². The average Bonchev–Trinajstić information content (AvgIpc) is 3.61. The van der Waals surface area contributed by atoms with E-state index in [-0.39, 0.29) is 0 Å². The Morgan fingerprint density at radius 1 is 0.341 bits per heavy atom. The van der Waals surface area contributed by atoms with Crippen LogP contribution in [0.25, 0.3) is 77.2 Å². The smallest absolute Gasteiger partial charge is 0.0724 e. The molecule has 206 valence electrons. The topological polar surface area (TPSA) is 22.8 Å². The Labute approximate surface area is 254 Å². The lowest BCUT2D eigenvalue weighted by Crippen LogP contribution is -1.93. The SMILES string of the molecule is c1ccc(-n2c3ccccc3c3cc(-c4cccc(-c5ccc6c(c5)c5ccncc5n6-c5ccccc5)c4)ccc32)cc1. The van der Waals surface area contributed by atoms with Crippen LogP contribution in [-0.2, 0) is 0 Å². The Kier molecular flexibility index (Phi) is 5.50. The predicted octanol–water partition coefficient (Wildman–Crippen LogP) is 10.6. The second-order valence-corrected chi connectivity index (χ2v) is 11.3. The maximum Gasteiger partial charge on any atom is 0.0724 e. The van der Waals surface area contributed by atoms with Gasteiger partial charge in [-0.15, -0.1) is 0 Å². The number of nitrogens with zero attached hydrogens (tertiary/aromatic N) is 3. The zero-order valence-corrected chi connectivity index (χ0v) is 23.9. The molecule has 0 aliphatic heterocycles. The standard InChI is InChI=1S/C41H27N3/c1-3-12-32(13-4-1)43-38-17-8-7-16-34(38)36-25-30(18-20-39(36)43)28-10-9-11-29(24-28)31-19-21-40-37(26-31)35-22-23-42-27-41(35)44(40)33-14-5-2-6-15-33/h1-27H. The number of benzene rings is 6. The molecule has 0 N–H and O–H groups in total. The minimum Gasteiger partial charge on any atom is -0.309 e. The van der Waals surface area contributed by atoms with E-state index in [1.54, 1.807) is 0 Å². The quantitative estimate of drug-likeness (QED) is 0.210. The Bertz CT molecular complexity index is 2310. The van der Waals surface area contributed by atoms with Gasteiger partial charge in [-0.1, -0.05) is 84.9 Å². The van der Waals surface area contributed by atoms with Crippen molar-refractivity contribution in [2.75, 3.05) is 0 Å². The molecule has 0 saturated carbocycles. The summed E-state index contributed by atoms with van der Waals surface area (Å²) in [5.74, 6) is 0. The minimum absolute atomic E-state index is 1.11. The first-order valence-electron chi connectivity index (χ1n) is 15.0. The lowest BCUT2D eigenvalue weighted by molar-refractivity contribution is 1.17. The second kappa shape index (κ2) is 9.82. The maximum atomic E-state index is 4.46. The minimum atomic E-state index is 1.11. The molecular weight excluding hydrogens is 534 g/mol. The number of para-hydroxylation sites is 3. The fraction of sp³-hybridized carbons (Fsp3) is 0. The molecule has 3 nitrogen and oxygen atoms in total. The van der Waals surface area contributed by atoms with Crippen LogP contribution in [0.3, 0.4) is 0 Å². The molecule has 0 unspecified atom stereocenters. The van der Waals surface area contributed by atoms with Crippen LogP contribution in [0, 0.1) is 0 Å². The van der Waals surface area contributed by atoms with Gasteiger partial charge in [0.2, 0.25) is 0 Å². The van der Waals surface area contributed by atoms with Crippen molar-refractivity contribution in [1.82, 2.24) is 14.1 Å². The van der Waals surface area contributed by atoms with E-state index >= 15 is 0 Å². The molecule has 3 aromatic heterocycles. The first kappa shape index (κ1) is 24.6. The molecule has 6 aromatic carbocycles. The van der Waals surface area contributed by atoms with Gasteiger partial charge in [0.05, 0.1) is 28.3 Å². The number of rotatable bonds is 4. The van der Waals surface area contributed by atoms with Gasteiger partial charge in [-0.05, 0) is 89.0 Å². The van der Waals surface area contributed by atoms with Crippen LogP contribution in [0.4, 0.5) is 0 Å². The lowest BCUT2D eigenvalue weighted by atomic mass is 9.97. The van der Waals surface area contributed by atoms with Gasteiger partial charge < -0.3 is 9.13 Å². The van der Waals surface area contributed by atoms with E-state index in [1.807, 2.05) is 12.4 Å². The molecule has 0 fully saturated rings. The van der Waals surface area contributed by atoms with Gasteiger partial charge in [-0.2, -0.15) is 0 Å². The van der Waals surface area contributed by atoms with Crippen molar-refractivity contribution >= 4 is 43.6 Å². The molecule has 9 rings (SSSR count). The molecule has 0 aliphatic carbocycles. The highest BCUT2D eigenvalue weighted by molar-refractivity contribution is 6.11. The number of fused-ring (bicyclic) bond motifs is 6. The zero-order chi connectivity index (χ0) is 29.0. The summed E-state index contributed by atoms with van der Waals surface area (Å²) in [6.45, 7) is 0. The number of aromatic nitrogens is 3. The summed E-state index contributed by atoms with van der Waals surface area (Å²) in [5.41, 5.74) is 11.9. The van der Waals surface area contributed by atoms with Crippen LogP contribution in [0.1, 0.15) is 0 Å². The van der Waals surface area contributed by atoms with E-state index in [1.165, 1.54) is 66.0 Å². The predicted molar refractivity (Wildman–Crippen MR) is 184 cm³/mol. The van der Waals surface area contributed by atoms with Crippen molar-refractivity contribution in [2.45, 2.75) is 0 Å². The van der Waals surface area contributed by atoms with Crippen molar-refractivity contribution < 1.29 is 0 Å². The number of hydrogen-bond acceptors (Lipinski definition) is 1. The van der Waals surface area contributed by atoms with Crippen LogP contribution in [-0.4, -0.2) is 14.1 Å². The molecule has 0 saturated heterocycles. The van der Waals surface area contributed by atoms with E-state index in [0.717, 1.165) is 11.2 Å². The first-order chi connectivity index (χ1) is 21.8. The summed E-state index contributed by atoms with van der Waals surface area (Å²) in [4.78, 5) is 4.46. The van der Waals surface area contributed by atoms with Crippen molar-refractivity contribution in [3.8, 4) is 33.6 Å². The molecule has 0 radical (unpaired) electrons. The molecule has 0 atom stereocenters. The Balaban J connectivity index is 1.18. The third kappa shape index (κ3) is 3.80. The van der Waals surface area contributed by atoms with E-state index in [4.69, 9.17) is 0 Å². The Morgan fingerprint density at radius 2 is 0.841 bits per heavy atom. The monoisotopic (exact) mass is 561 g/mol. The fourth-order valence-electron chi connectivity index (χ4n) is 6.79. The summed E-state index contributed by atoms with van der Waals surface area (Å²) in [6, 6.07) is 54.5. The highest BCUT2D eigenvalue weighted by Crippen LogP contribution is 2.37. The van der Waals surface area contributed by atoms with Gasteiger partial charge in [-0.3, -0.25) is 4.98 Å². The molecule has 0 spiro atoms. The van der Waals surface area contributed by atoms with Crippen LogP contribution in [0.2, 0.25) is 0 Å². The van der Waals surface area contributed by atoms with Crippen LogP contribution < -0.4 is 0 Å². The van der Waals surface area contributed by atoms with Crippen molar-refractivity contribution in [3.63, 3.8) is 0 Å². The highest BCUT2D eigenvalue weighted by atomic mass is 15.0. The van der Waals surface area contributed by atoms with Gasteiger partial charge in [0.15, 0.2) is 0 Å². The van der Waals surface area contributed by atoms with E-state index in [2.05, 4.69) is 166 Å². The number of hydrogen-bond donors (Lipinski definition) is 0. The summed E-state index contributed by atoms with van der Waals surface area (Å²) < 4.78 is 4.67. The largest absolute Gasteiger partial charge is 0.309 e. The molecule has 9 aromatic rings. The third-order valence-electron chi connectivity index (χ3n) is 8.80. The summed E-state index contributed by atoms with van der Waals surface area (Å²) in [7, 11) is 0. The Morgan fingerprint density at radius 3 is 1.48 bits per heavy atom. The summed E-state index contributed by atoms with van der Waals surface area (Å²) in [6.07, 6.45) is 3.85. The number of pyridine rings is 1. The molecule has 3 heterocycles. The highest BCUT2D eigenvalue weighted by Gasteiger charge is 2.15. The average molecular weight is 562 g/mol. The molecule has 0 aliphatic rings. The molecule has 3 heteroatoms. The van der Waals surface area contributed by atoms with Crippen LogP contribution in [0.15, 0.2) is 164 Å².